The van der Waals surface area contributed by atoms with Crippen LogP contribution in [0.5, 0.6) is 0 Å². The highest BCUT2D eigenvalue weighted by Gasteiger charge is 2.36. The fraction of sp³-hybridized carbons (Fsp3) is 0.474. The number of likely N-dealkylation sites (tertiary alicyclic amines) is 1. The van der Waals surface area contributed by atoms with E-state index in [-0.39, 0.29) is 11.6 Å². The monoisotopic (exact) mass is 341 g/mol. The largest absolute Gasteiger partial charge is 0.336 e. The summed E-state index contributed by atoms with van der Waals surface area (Å²) >= 11 is 0. The normalized spacial score (nSPS) is 20.6. The van der Waals surface area contributed by atoms with Gasteiger partial charge in [0.15, 0.2) is 0 Å². The van der Waals surface area contributed by atoms with Crippen molar-refractivity contribution >= 4 is 6.03 Å². The molecule has 0 radical (unpaired) electrons. The third-order valence-electron chi connectivity index (χ3n) is 4.96. The van der Waals surface area contributed by atoms with Gasteiger partial charge in [-0.15, -0.1) is 0 Å². The molecule has 134 valence electrons. The van der Waals surface area contributed by atoms with Gasteiger partial charge in [-0.3, -0.25) is 9.58 Å². The second kappa shape index (κ2) is 7.70. The lowest BCUT2D eigenvalue weighted by Gasteiger charge is -2.35. The molecule has 1 aromatic heterocycles. The molecule has 2 heterocycles. The zero-order valence-corrected chi connectivity index (χ0v) is 15.0. The van der Waals surface area contributed by atoms with Gasteiger partial charge in [0.2, 0.25) is 0 Å². The van der Waals surface area contributed by atoms with Crippen LogP contribution in [0.15, 0.2) is 42.7 Å². The average molecular weight is 341 g/mol. The molecule has 0 spiro atoms. The summed E-state index contributed by atoms with van der Waals surface area (Å²) in [6, 6.07) is 10.4. The van der Waals surface area contributed by atoms with Gasteiger partial charge in [-0.05, 0) is 31.9 Å². The highest BCUT2D eigenvalue weighted by molar-refractivity contribution is 5.73. The van der Waals surface area contributed by atoms with Crippen molar-refractivity contribution in [2.75, 3.05) is 13.1 Å². The molecule has 2 aromatic rings. The predicted octanol–water partition coefficient (Wildman–Crippen LogP) is 2.27. The maximum absolute atomic E-state index is 12.1. The summed E-state index contributed by atoms with van der Waals surface area (Å²) in [4.78, 5) is 14.6. The second-order valence-corrected chi connectivity index (χ2v) is 7.07. The van der Waals surface area contributed by atoms with Crippen LogP contribution in [-0.2, 0) is 20.1 Å². The van der Waals surface area contributed by atoms with Crippen LogP contribution >= 0.6 is 0 Å². The highest BCUT2D eigenvalue weighted by atomic mass is 16.2. The highest BCUT2D eigenvalue weighted by Crippen LogP contribution is 2.29. The van der Waals surface area contributed by atoms with E-state index in [2.05, 4.69) is 51.8 Å². The summed E-state index contributed by atoms with van der Waals surface area (Å²) in [7, 11) is 1.87. The van der Waals surface area contributed by atoms with Crippen molar-refractivity contribution in [3.05, 3.63) is 53.9 Å². The number of hydrogen-bond donors (Lipinski definition) is 2. The van der Waals surface area contributed by atoms with Crippen molar-refractivity contribution in [1.82, 2.24) is 25.3 Å². The maximum atomic E-state index is 12.1. The van der Waals surface area contributed by atoms with E-state index in [1.807, 2.05) is 19.3 Å². The number of urea groups is 1. The molecule has 0 aliphatic carbocycles. The standard InChI is InChI=1S/C19H27N5O/c1-19(9-6-10-24(19)14-16-7-4-3-5-8-16)15-21-18(25)20-11-17-12-22-23(2)13-17/h3-5,7-8,12-13H,6,9-11,14-15H2,1-2H3,(H2,20,21,25)/t19-/m0/s1. The number of nitrogens with zero attached hydrogens (tertiary/aromatic N) is 3. The van der Waals surface area contributed by atoms with E-state index in [9.17, 15) is 4.79 Å². The first-order chi connectivity index (χ1) is 12.0. The Labute approximate surface area is 149 Å². The fourth-order valence-corrected chi connectivity index (χ4v) is 3.43. The number of carbonyl (C=O) groups is 1. The molecule has 1 aromatic carbocycles. The Bertz CT molecular complexity index is 699. The summed E-state index contributed by atoms with van der Waals surface area (Å²) in [5, 5.41) is 10.0. The molecule has 1 aliphatic rings. The van der Waals surface area contributed by atoms with E-state index >= 15 is 0 Å². The summed E-state index contributed by atoms with van der Waals surface area (Å²) in [5.74, 6) is 0. The molecule has 2 N–H and O–H groups in total. The van der Waals surface area contributed by atoms with Gasteiger partial charge in [0.05, 0.1) is 6.20 Å². The summed E-state index contributed by atoms with van der Waals surface area (Å²) < 4.78 is 1.73. The Morgan fingerprint density at radius 1 is 1.24 bits per heavy atom. The average Bonchev–Trinajstić information content (AvgIpc) is 3.19. The molecule has 6 nitrogen and oxygen atoms in total. The molecule has 1 aliphatic heterocycles. The lowest BCUT2D eigenvalue weighted by molar-refractivity contribution is 0.145. The van der Waals surface area contributed by atoms with Gasteiger partial charge in [-0.25, -0.2) is 4.79 Å². The minimum absolute atomic E-state index is 0.00147. The Morgan fingerprint density at radius 2 is 2.04 bits per heavy atom. The number of aryl methyl sites for hydroxylation is 1. The molecular formula is C19H27N5O. The van der Waals surface area contributed by atoms with Crippen LogP contribution in [0, 0.1) is 0 Å². The molecule has 0 saturated carbocycles. The van der Waals surface area contributed by atoms with E-state index in [0.29, 0.717) is 13.1 Å². The Morgan fingerprint density at radius 3 is 2.76 bits per heavy atom. The minimum atomic E-state index is -0.128. The third-order valence-corrected chi connectivity index (χ3v) is 4.96. The van der Waals surface area contributed by atoms with Gasteiger partial charge in [0.1, 0.15) is 0 Å². The van der Waals surface area contributed by atoms with Crippen LogP contribution in [-0.4, -0.2) is 39.3 Å². The summed E-state index contributed by atoms with van der Waals surface area (Å²) in [6.07, 6.45) is 5.94. The van der Waals surface area contributed by atoms with E-state index < -0.39 is 0 Å². The van der Waals surface area contributed by atoms with Crippen molar-refractivity contribution in [2.45, 2.75) is 38.4 Å². The van der Waals surface area contributed by atoms with Gasteiger partial charge < -0.3 is 10.6 Å². The van der Waals surface area contributed by atoms with E-state index in [4.69, 9.17) is 0 Å². The third kappa shape index (κ3) is 4.60. The SMILES string of the molecule is Cn1cc(CNC(=O)NC[C@]2(C)CCCN2Cc2ccccc2)cn1. The van der Waals surface area contributed by atoms with Crippen LogP contribution in [0.25, 0.3) is 0 Å². The predicted molar refractivity (Wildman–Crippen MR) is 97.9 cm³/mol. The molecule has 1 fully saturated rings. The maximum Gasteiger partial charge on any atom is 0.315 e. The zero-order valence-electron chi connectivity index (χ0n) is 15.0. The summed E-state index contributed by atoms with van der Waals surface area (Å²) in [6.45, 7) is 5.38. The first-order valence-corrected chi connectivity index (χ1v) is 8.83. The van der Waals surface area contributed by atoms with Gasteiger partial charge in [0.25, 0.3) is 0 Å². The Balaban J connectivity index is 1.49. The van der Waals surface area contributed by atoms with Crippen LogP contribution in [0.1, 0.15) is 30.9 Å². The van der Waals surface area contributed by atoms with Crippen LogP contribution in [0.2, 0.25) is 0 Å². The lowest BCUT2D eigenvalue weighted by atomic mass is 9.98. The van der Waals surface area contributed by atoms with Crippen molar-refractivity contribution in [2.24, 2.45) is 7.05 Å². The minimum Gasteiger partial charge on any atom is -0.336 e. The molecule has 6 heteroatoms. The Kier molecular flexibility index (Phi) is 5.38. The first kappa shape index (κ1) is 17.5. The van der Waals surface area contributed by atoms with E-state index in [0.717, 1.165) is 25.1 Å². The van der Waals surface area contributed by atoms with Gasteiger partial charge in [-0.1, -0.05) is 30.3 Å². The zero-order chi connectivity index (χ0) is 17.7. The van der Waals surface area contributed by atoms with Crippen LogP contribution in [0.3, 0.4) is 0 Å². The van der Waals surface area contributed by atoms with E-state index in [1.165, 1.54) is 12.0 Å². The molecule has 25 heavy (non-hydrogen) atoms. The van der Waals surface area contributed by atoms with Crippen molar-refractivity contribution in [3.63, 3.8) is 0 Å². The van der Waals surface area contributed by atoms with Crippen LogP contribution < -0.4 is 10.6 Å². The topological polar surface area (TPSA) is 62.2 Å². The van der Waals surface area contributed by atoms with E-state index in [1.54, 1.807) is 10.9 Å². The molecule has 1 saturated heterocycles. The Hall–Kier alpha value is -2.34. The number of hydrogen-bond acceptors (Lipinski definition) is 3. The molecule has 1 atom stereocenters. The number of nitrogens with one attached hydrogen (secondary N) is 2. The molecule has 3 rings (SSSR count). The van der Waals surface area contributed by atoms with Gasteiger partial charge in [-0.2, -0.15) is 5.10 Å². The molecule has 0 unspecified atom stereocenters. The number of rotatable bonds is 6. The first-order valence-electron chi connectivity index (χ1n) is 8.83. The van der Waals surface area contributed by atoms with Gasteiger partial charge in [0, 0.05) is 44.0 Å². The number of benzene rings is 1. The molecule has 0 bridgehead atoms. The second-order valence-electron chi connectivity index (χ2n) is 7.07. The number of carbonyl (C=O) groups excluding carboxylic acids is 1. The lowest BCUT2D eigenvalue weighted by Crippen LogP contribution is -2.51. The van der Waals surface area contributed by atoms with Crippen molar-refractivity contribution in [1.29, 1.82) is 0 Å². The number of aromatic nitrogens is 2. The molecule has 2 amide bonds. The number of amides is 2. The van der Waals surface area contributed by atoms with Crippen molar-refractivity contribution in [3.8, 4) is 0 Å². The quantitative estimate of drug-likeness (QED) is 0.847. The van der Waals surface area contributed by atoms with Crippen molar-refractivity contribution < 1.29 is 4.79 Å². The summed E-state index contributed by atoms with van der Waals surface area (Å²) in [5.41, 5.74) is 2.31. The molecular weight excluding hydrogens is 314 g/mol. The fourth-order valence-electron chi connectivity index (χ4n) is 3.43. The smallest absolute Gasteiger partial charge is 0.315 e. The van der Waals surface area contributed by atoms with Gasteiger partial charge >= 0.3 is 6.03 Å². The van der Waals surface area contributed by atoms with Crippen LogP contribution in [0.4, 0.5) is 4.79 Å².